The molecule has 1 heterocycles. The summed E-state index contributed by atoms with van der Waals surface area (Å²) >= 11 is 0. The number of hydrogen-bond acceptors (Lipinski definition) is 3. The van der Waals surface area contributed by atoms with E-state index in [0.717, 1.165) is 25.4 Å². The molecule has 1 rings (SSSR count). The zero-order valence-electron chi connectivity index (χ0n) is 9.82. The van der Waals surface area contributed by atoms with Gasteiger partial charge in [0, 0.05) is 19.0 Å². The Morgan fingerprint density at radius 3 is 2.93 bits per heavy atom. The van der Waals surface area contributed by atoms with E-state index in [2.05, 4.69) is 23.9 Å². The Morgan fingerprint density at radius 2 is 2.40 bits per heavy atom. The van der Waals surface area contributed by atoms with Gasteiger partial charge in [-0.2, -0.15) is 0 Å². The summed E-state index contributed by atoms with van der Waals surface area (Å²) in [6.45, 7) is 6.76. The van der Waals surface area contributed by atoms with E-state index >= 15 is 0 Å². The Bertz CT molecular complexity index is 218. The fourth-order valence-electron chi connectivity index (χ4n) is 2.37. The van der Waals surface area contributed by atoms with Gasteiger partial charge in [-0.25, -0.2) is 0 Å². The number of rotatable bonds is 4. The van der Waals surface area contributed by atoms with Crippen LogP contribution in [0.25, 0.3) is 0 Å². The van der Waals surface area contributed by atoms with Gasteiger partial charge in [-0.1, -0.05) is 19.0 Å². The van der Waals surface area contributed by atoms with E-state index in [0.29, 0.717) is 18.3 Å². The molecule has 0 radical (unpaired) electrons. The van der Waals surface area contributed by atoms with Gasteiger partial charge in [0.1, 0.15) is 5.84 Å². The van der Waals surface area contributed by atoms with Crippen LogP contribution in [0.4, 0.5) is 0 Å². The van der Waals surface area contributed by atoms with E-state index in [1.165, 1.54) is 12.8 Å². The highest BCUT2D eigenvalue weighted by molar-refractivity contribution is 5.80. The lowest BCUT2D eigenvalue weighted by Gasteiger charge is -2.36. The van der Waals surface area contributed by atoms with Gasteiger partial charge >= 0.3 is 0 Å². The number of likely N-dealkylation sites (tertiary alicyclic amines) is 1. The van der Waals surface area contributed by atoms with Crippen molar-refractivity contribution < 1.29 is 5.21 Å². The molecule has 0 saturated carbocycles. The van der Waals surface area contributed by atoms with Gasteiger partial charge in [-0.15, -0.1) is 0 Å². The molecular formula is C11H23N3O. The summed E-state index contributed by atoms with van der Waals surface area (Å²) in [7, 11) is 0. The lowest BCUT2D eigenvalue weighted by molar-refractivity contribution is 0.129. The molecule has 3 N–H and O–H groups in total. The number of amidine groups is 1. The van der Waals surface area contributed by atoms with Gasteiger partial charge in [0.25, 0.3) is 0 Å². The SMILES string of the molecule is CCC(C/C(N)=N/O)N1CCCC(C)C1. The highest BCUT2D eigenvalue weighted by atomic mass is 16.4. The van der Waals surface area contributed by atoms with Gasteiger partial charge in [-0.3, -0.25) is 4.90 Å². The van der Waals surface area contributed by atoms with Crippen LogP contribution in [0.5, 0.6) is 0 Å². The first kappa shape index (κ1) is 12.3. The minimum atomic E-state index is 0.347. The van der Waals surface area contributed by atoms with Crippen LogP contribution in [0, 0.1) is 5.92 Å². The van der Waals surface area contributed by atoms with Crippen molar-refractivity contribution in [3.63, 3.8) is 0 Å². The smallest absolute Gasteiger partial charge is 0.140 e. The molecule has 1 fully saturated rings. The number of oxime groups is 1. The van der Waals surface area contributed by atoms with E-state index < -0.39 is 0 Å². The maximum Gasteiger partial charge on any atom is 0.140 e. The van der Waals surface area contributed by atoms with E-state index in [-0.39, 0.29) is 0 Å². The van der Waals surface area contributed by atoms with Gasteiger partial charge in [0.2, 0.25) is 0 Å². The zero-order chi connectivity index (χ0) is 11.3. The van der Waals surface area contributed by atoms with Crippen molar-refractivity contribution in [2.75, 3.05) is 13.1 Å². The molecule has 0 bridgehead atoms. The third-order valence-electron chi connectivity index (χ3n) is 3.25. The zero-order valence-corrected chi connectivity index (χ0v) is 9.82. The molecule has 1 aliphatic rings. The molecule has 0 aromatic heterocycles. The summed E-state index contributed by atoms with van der Waals surface area (Å²) in [6.07, 6.45) is 4.34. The van der Waals surface area contributed by atoms with E-state index in [1.807, 2.05) is 0 Å². The maximum absolute atomic E-state index is 8.57. The van der Waals surface area contributed by atoms with E-state index in [4.69, 9.17) is 10.9 Å². The predicted octanol–water partition coefficient (Wildman–Crippen LogP) is 1.63. The van der Waals surface area contributed by atoms with Crippen LogP contribution in [-0.4, -0.2) is 35.1 Å². The first-order valence-electron chi connectivity index (χ1n) is 5.87. The van der Waals surface area contributed by atoms with Crippen molar-refractivity contribution >= 4 is 5.84 Å². The quantitative estimate of drug-likeness (QED) is 0.323. The number of nitrogens with zero attached hydrogens (tertiary/aromatic N) is 2. The first-order valence-corrected chi connectivity index (χ1v) is 5.87. The van der Waals surface area contributed by atoms with Crippen LogP contribution in [0.2, 0.25) is 0 Å². The third-order valence-corrected chi connectivity index (χ3v) is 3.25. The molecule has 4 nitrogen and oxygen atoms in total. The Hall–Kier alpha value is -0.770. The molecule has 15 heavy (non-hydrogen) atoms. The number of piperidine rings is 1. The molecule has 0 aromatic rings. The third kappa shape index (κ3) is 3.70. The van der Waals surface area contributed by atoms with Crippen LogP contribution >= 0.6 is 0 Å². The lowest BCUT2D eigenvalue weighted by atomic mass is 9.97. The van der Waals surface area contributed by atoms with Gasteiger partial charge < -0.3 is 10.9 Å². The Labute approximate surface area is 92.1 Å². The highest BCUT2D eigenvalue weighted by Crippen LogP contribution is 2.20. The fourth-order valence-corrected chi connectivity index (χ4v) is 2.37. The minimum absolute atomic E-state index is 0.347. The van der Waals surface area contributed by atoms with Gasteiger partial charge in [0.05, 0.1) is 0 Å². The second-order valence-electron chi connectivity index (χ2n) is 4.60. The topological polar surface area (TPSA) is 61.9 Å². The van der Waals surface area contributed by atoms with Crippen LogP contribution in [0.1, 0.15) is 39.5 Å². The Balaban J connectivity index is 2.49. The normalized spacial score (nSPS) is 26.5. The second-order valence-corrected chi connectivity index (χ2v) is 4.60. The summed E-state index contributed by atoms with van der Waals surface area (Å²) in [5.74, 6) is 1.13. The molecule has 0 aromatic carbocycles. The van der Waals surface area contributed by atoms with Crippen LogP contribution in [0.3, 0.4) is 0 Å². The summed E-state index contributed by atoms with van der Waals surface area (Å²) in [6, 6.07) is 0.434. The molecule has 0 aliphatic carbocycles. The Kier molecular flexibility index (Phi) is 4.88. The molecule has 1 aliphatic heterocycles. The predicted molar refractivity (Wildman–Crippen MR) is 62.1 cm³/mol. The first-order chi connectivity index (χ1) is 7.17. The molecule has 2 atom stereocenters. The standard InChI is InChI=1S/C11H23N3O/c1-3-10(7-11(12)13-15)14-6-4-5-9(2)8-14/h9-10,15H,3-8H2,1-2H3,(H2,12,13). The Morgan fingerprint density at radius 1 is 1.67 bits per heavy atom. The number of hydrogen-bond donors (Lipinski definition) is 2. The molecule has 88 valence electrons. The van der Waals surface area contributed by atoms with Crippen molar-refractivity contribution in [1.29, 1.82) is 0 Å². The largest absolute Gasteiger partial charge is 0.409 e. The molecule has 2 unspecified atom stereocenters. The molecule has 0 amide bonds. The summed E-state index contributed by atoms with van der Waals surface area (Å²) in [5, 5.41) is 11.6. The average Bonchev–Trinajstić information content (AvgIpc) is 2.25. The average molecular weight is 213 g/mol. The fraction of sp³-hybridized carbons (Fsp3) is 0.909. The van der Waals surface area contributed by atoms with Crippen molar-refractivity contribution in [1.82, 2.24) is 4.90 Å². The van der Waals surface area contributed by atoms with Crippen LogP contribution < -0.4 is 5.73 Å². The van der Waals surface area contributed by atoms with Crippen molar-refractivity contribution in [2.45, 2.75) is 45.6 Å². The summed E-state index contributed by atoms with van der Waals surface area (Å²) < 4.78 is 0. The van der Waals surface area contributed by atoms with Crippen LogP contribution in [0.15, 0.2) is 5.16 Å². The van der Waals surface area contributed by atoms with Crippen LogP contribution in [-0.2, 0) is 0 Å². The van der Waals surface area contributed by atoms with Gasteiger partial charge in [-0.05, 0) is 31.7 Å². The second kappa shape index (κ2) is 5.95. The van der Waals surface area contributed by atoms with Crippen molar-refractivity contribution in [3.05, 3.63) is 0 Å². The summed E-state index contributed by atoms with van der Waals surface area (Å²) in [5.41, 5.74) is 5.56. The number of nitrogens with two attached hydrogens (primary N) is 1. The highest BCUT2D eigenvalue weighted by Gasteiger charge is 2.23. The van der Waals surface area contributed by atoms with Crippen molar-refractivity contribution in [3.8, 4) is 0 Å². The van der Waals surface area contributed by atoms with Crippen molar-refractivity contribution in [2.24, 2.45) is 16.8 Å². The monoisotopic (exact) mass is 213 g/mol. The molecule has 1 saturated heterocycles. The molecular weight excluding hydrogens is 190 g/mol. The maximum atomic E-state index is 8.57. The summed E-state index contributed by atoms with van der Waals surface area (Å²) in [4.78, 5) is 2.48. The molecule has 4 heteroatoms. The minimum Gasteiger partial charge on any atom is -0.409 e. The van der Waals surface area contributed by atoms with E-state index in [9.17, 15) is 0 Å². The van der Waals surface area contributed by atoms with Gasteiger partial charge in [0.15, 0.2) is 0 Å². The van der Waals surface area contributed by atoms with E-state index in [1.54, 1.807) is 0 Å². The molecule has 0 spiro atoms. The lowest BCUT2D eigenvalue weighted by Crippen LogP contribution is -2.43.